The molecule has 1 atom stereocenters. The zero-order valence-electron chi connectivity index (χ0n) is 13.1. The molecule has 0 aliphatic heterocycles. The Hall–Kier alpha value is -1.69. The number of amides is 1. The van der Waals surface area contributed by atoms with Gasteiger partial charge in [0.15, 0.2) is 0 Å². The van der Waals surface area contributed by atoms with Gasteiger partial charge in [-0.2, -0.15) is 8.78 Å². The predicted octanol–water partition coefficient (Wildman–Crippen LogP) is 2.74. The molecule has 0 aliphatic rings. The van der Waals surface area contributed by atoms with E-state index >= 15 is 0 Å². The van der Waals surface area contributed by atoms with Crippen molar-refractivity contribution in [1.29, 1.82) is 0 Å². The molecule has 1 aromatic rings. The minimum absolute atomic E-state index is 0.00187. The molecule has 2 N–H and O–H groups in total. The Kier molecular flexibility index (Phi) is 6.74. The van der Waals surface area contributed by atoms with E-state index in [-0.39, 0.29) is 36.1 Å². The first kappa shape index (κ1) is 18.4. The quantitative estimate of drug-likeness (QED) is 0.813. The Balaban J connectivity index is 2.60. The number of nitrogens with one attached hydrogen (secondary N) is 1. The van der Waals surface area contributed by atoms with Crippen LogP contribution in [0.3, 0.4) is 0 Å². The van der Waals surface area contributed by atoms with Crippen LogP contribution in [0.15, 0.2) is 24.3 Å². The molecule has 0 aliphatic carbocycles. The number of aliphatic hydroxyl groups is 1. The van der Waals surface area contributed by atoms with Gasteiger partial charge in [0.05, 0.1) is 6.42 Å². The Morgan fingerprint density at radius 3 is 2.32 bits per heavy atom. The summed E-state index contributed by atoms with van der Waals surface area (Å²) >= 11 is 0. The van der Waals surface area contributed by atoms with Crippen molar-refractivity contribution in [3.05, 3.63) is 29.8 Å². The molecule has 22 heavy (non-hydrogen) atoms. The average Bonchev–Trinajstić information content (AvgIpc) is 2.39. The maximum Gasteiger partial charge on any atom is 0.387 e. The number of hydrogen-bond acceptors (Lipinski definition) is 3. The van der Waals surface area contributed by atoms with E-state index in [1.165, 1.54) is 12.1 Å². The van der Waals surface area contributed by atoms with E-state index in [9.17, 15) is 13.6 Å². The SMILES string of the molecule is CC(C)(C)C(CCO)NC(=O)Cc1ccc(OC(F)F)cc1. The normalized spacial score (nSPS) is 13.0. The van der Waals surface area contributed by atoms with Crippen molar-refractivity contribution in [1.82, 2.24) is 5.32 Å². The summed E-state index contributed by atoms with van der Waals surface area (Å²) in [5.74, 6) is -0.108. The summed E-state index contributed by atoms with van der Waals surface area (Å²) in [7, 11) is 0. The number of hydrogen-bond donors (Lipinski definition) is 2. The van der Waals surface area contributed by atoms with Crippen LogP contribution in [0.5, 0.6) is 5.75 Å². The number of ether oxygens (including phenoxy) is 1. The molecular weight excluding hydrogens is 292 g/mol. The summed E-state index contributed by atoms with van der Waals surface area (Å²) in [4.78, 5) is 12.1. The fourth-order valence-electron chi connectivity index (χ4n) is 2.07. The number of benzene rings is 1. The van der Waals surface area contributed by atoms with Gasteiger partial charge in [0, 0.05) is 12.6 Å². The summed E-state index contributed by atoms with van der Waals surface area (Å²) in [5.41, 5.74) is 0.545. The highest BCUT2D eigenvalue weighted by atomic mass is 19.3. The maximum absolute atomic E-state index is 12.1. The van der Waals surface area contributed by atoms with Crippen LogP contribution in [-0.2, 0) is 11.2 Å². The molecule has 0 saturated heterocycles. The molecule has 1 amide bonds. The standard InChI is InChI=1S/C16H23F2NO3/c1-16(2,3)13(8-9-20)19-14(21)10-11-4-6-12(7-5-11)22-15(17)18/h4-7,13,15,20H,8-10H2,1-3H3,(H,19,21). The van der Waals surface area contributed by atoms with Crippen LogP contribution in [0.1, 0.15) is 32.8 Å². The van der Waals surface area contributed by atoms with E-state index in [2.05, 4.69) is 10.1 Å². The number of rotatable bonds is 7. The highest BCUT2D eigenvalue weighted by molar-refractivity contribution is 5.79. The number of halogens is 2. The predicted molar refractivity (Wildman–Crippen MR) is 79.9 cm³/mol. The third-order valence-corrected chi connectivity index (χ3v) is 3.31. The van der Waals surface area contributed by atoms with Crippen LogP contribution in [0.25, 0.3) is 0 Å². The lowest BCUT2D eigenvalue weighted by Gasteiger charge is -2.31. The van der Waals surface area contributed by atoms with Crippen molar-refractivity contribution < 1.29 is 23.4 Å². The Morgan fingerprint density at radius 2 is 1.86 bits per heavy atom. The highest BCUT2D eigenvalue weighted by Gasteiger charge is 2.25. The zero-order chi connectivity index (χ0) is 16.8. The van der Waals surface area contributed by atoms with Crippen LogP contribution >= 0.6 is 0 Å². The molecule has 0 bridgehead atoms. The molecule has 0 spiro atoms. The molecule has 0 fully saturated rings. The Bertz CT molecular complexity index is 469. The van der Waals surface area contributed by atoms with Crippen LogP contribution in [0.4, 0.5) is 8.78 Å². The maximum atomic E-state index is 12.1. The summed E-state index contributed by atoms with van der Waals surface area (Å²) in [6.07, 6.45) is 0.628. The van der Waals surface area contributed by atoms with Gasteiger partial charge in [-0.3, -0.25) is 4.79 Å². The Morgan fingerprint density at radius 1 is 1.27 bits per heavy atom. The molecule has 1 aromatic carbocycles. The van der Waals surface area contributed by atoms with Crippen LogP contribution in [0.2, 0.25) is 0 Å². The fourth-order valence-corrected chi connectivity index (χ4v) is 2.07. The van der Waals surface area contributed by atoms with E-state index in [0.717, 1.165) is 0 Å². The summed E-state index contributed by atoms with van der Waals surface area (Å²) in [6.45, 7) is 3.11. The third kappa shape index (κ3) is 6.39. The first-order valence-electron chi connectivity index (χ1n) is 7.16. The molecule has 6 heteroatoms. The van der Waals surface area contributed by atoms with Crippen LogP contribution < -0.4 is 10.1 Å². The lowest BCUT2D eigenvalue weighted by atomic mass is 9.85. The van der Waals surface area contributed by atoms with Gasteiger partial charge in [-0.15, -0.1) is 0 Å². The van der Waals surface area contributed by atoms with E-state index in [0.29, 0.717) is 12.0 Å². The topological polar surface area (TPSA) is 58.6 Å². The van der Waals surface area contributed by atoms with Crippen LogP contribution in [0, 0.1) is 5.41 Å². The lowest BCUT2D eigenvalue weighted by Crippen LogP contribution is -2.44. The third-order valence-electron chi connectivity index (χ3n) is 3.31. The smallest absolute Gasteiger partial charge is 0.387 e. The number of carbonyl (C=O) groups excluding carboxylic acids is 1. The number of carbonyl (C=O) groups is 1. The lowest BCUT2D eigenvalue weighted by molar-refractivity contribution is -0.122. The second-order valence-electron chi connectivity index (χ2n) is 6.20. The van der Waals surface area contributed by atoms with Gasteiger partial charge in [0.2, 0.25) is 5.91 Å². The number of aliphatic hydroxyl groups excluding tert-OH is 1. The van der Waals surface area contributed by atoms with Gasteiger partial charge in [0.1, 0.15) is 5.75 Å². The van der Waals surface area contributed by atoms with Gasteiger partial charge < -0.3 is 15.2 Å². The minimum atomic E-state index is -2.86. The highest BCUT2D eigenvalue weighted by Crippen LogP contribution is 2.22. The summed E-state index contributed by atoms with van der Waals surface area (Å²) in [6, 6.07) is 5.84. The fraction of sp³-hybridized carbons (Fsp3) is 0.562. The van der Waals surface area contributed by atoms with Crippen molar-refractivity contribution >= 4 is 5.91 Å². The number of alkyl halides is 2. The van der Waals surface area contributed by atoms with Crippen molar-refractivity contribution in [2.75, 3.05) is 6.61 Å². The monoisotopic (exact) mass is 315 g/mol. The van der Waals surface area contributed by atoms with Gasteiger partial charge in [-0.05, 0) is 29.5 Å². The van der Waals surface area contributed by atoms with Crippen molar-refractivity contribution in [2.24, 2.45) is 5.41 Å². The first-order chi connectivity index (χ1) is 10.2. The van der Waals surface area contributed by atoms with Crippen molar-refractivity contribution in [2.45, 2.75) is 46.3 Å². The van der Waals surface area contributed by atoms with Crippen molar-refractivity contribution in [3.63, 3.8) is 0 Å². The van der Waals surface area contributed by atoms with Gasteiger partial charge in [-0.25, -0.2) is 0 Å². The van der Waals surface area contributed by atoms with E-state index in [4.69, 9.17) is 5.11 Å². The minimum Gasteiger partial charge on any atom is -0.435 e. The second kappa shape index (κ2) is 8.08. The molecule has 0 saturated carbocycles. The van der Waals surface area contributed by atoms with Gasteiger partial charge in [0.25, 0.3) is 0 Å². The molecule has 4 nitrogen and oxygen atoms in total. The second-order valence-corrected chi connectivity index (χ2v) is 6.20. The summed E-state index contributed by atoms with van der Waals surface area (Å²) < 4.78 is 28.4. The molecule has 1 unspecified atom stereocenters. The summed E-state index contributed by atoms with van der Waals surface area (Å²) in [5, 5.41) is 12.0. The largest absolute Gasteiger partial charge is 0.435 e. The molecule has 0 heterocycles. The molecule has 0 aromatic heterocycles. The molecule has 124 valence electrons. The van der Waals surface area contributed by atoms with E-state index in [1.807, 2.05) is 20.8 Å². The van der Waals surface area contributed by atoms with Gasteiger partial charge in [-0.1, -0.05) is 32.9 Å². The van der Waals surface area contributed by atoms with E-state index in [1.54, 1.807) is 12.1 Å². The molecule has 1 rings (SSSR count). The zero-order valence-corrected chi connectivity index (χ0v) is 13.1. The van der Waals surface area contributed by atoms with E-state index < -0.39 is 6.61 Å². The van der Waals surface area contributed by atoms with Crippen LogP contribution in [-0.4, -0.2) is 30.3 Å². The van der Waals surface area contributed by atoms with Gasteiger partial charge >= 0.3 is 6.61 Å². The van der Waals surface area contributed by atoms with Crippen molar-refractivity contribution in [3.8, 4) is 5.75 Å². The first-order valence-corrected chi connectivity index (χ1v) is 7.16. The molecule has 0 radical (unpaired) electrons. The Labute approximate surface area is 129 Å². The molecular formula is C16H23F2NO3. The average molecular weight is 315 g/mol.